The van der Waals surface area contributed by atoms with E-state index in [2.05, 4.69) is 5.32 Å². The average Bonchev–Trinajstić information content (AvgIpc) is 2.93. The van der Waals surface area contributed by atoms with Gasteiger partial charge < -0.3 is 5.32 Å². The third-order valence-corrected chi connectivity index (χ3v) is 5.64. The van der Waals surface area contributed by atoms with Gasteiger partial charge >= 0.3 is 0 Å². The number of benzene rings is 2. The van der Waals surface area contributed by atoms with E-state index in [1.807, 2.05) is 13.0 Å². The predicted molar refractivity (Wildman–Crippen MR) is 108 cm³/mol. The third-order valence-electron chi connectivity index (χ3n) is 5.31. The molecule has 0 radical (unpaired) electrons. The summed E-state index contributed by atoms with van der Waals surface area (Å²) in [7, 11) is 0. The molecule has 5 nitrogen and oxygen atoms in total. The van der Waals surface area contributed by atoms with Gasteiger partial charge in [0, 0.05) is 5.56 Å². The second-order valence-corrected chi connectivity index (χ2v) is 7.61. The molecule has 2 aliphatic rings. The molecule has 0 spiro atoms. The van der Waals surface area contributed by atoms with Gasteiger partial charge in [0.2, 0.25) is 11.8 Å². The number of allylic oxidation sites excluding steroid dienone is 2. The zero-order valence-electron chi connectivity index (χ0n) is 15.3. The fraction of sp³-hybridized carbons (Fsp3) is 0.227. The second-order valence-electron chi connectivity index (χ2n) is 7.20. The molecule has 1 aliphatic carbocycles. The van der Waals surface area contributed by atoms with Crippen molar-refractivity contribution in [2.45, 2.75) is 19.8 Å². The smallest absolute Gasteiger partial charge is 0.255 e. The first kappa shape index (κ1) is 18.4. The summed E-state index contributed by atoms with van der Waals surface area (Å²) in [5.74, 6) is -1.35. The standard InChI is InChI=1S/C22H19ClN2O3/c1-13-9-10-16-17(11-13)22(28)25(21(16)27)15-6-4-5-14(12-15)20(26)24-19-8-3-2-7-18(19)23/h2-9,12,16-17H,10-11H2,1H3,(H,24,26)/t16-,17-/m0/s1. The van der Waals surface area contributed by atoms with E-state index in [0.29, 0.717) is 34.8 Å². The Morgan fingerprint density at radius 2 is 1.82 bits per heavy atom. The number of nitrogens with zero attached hydrogens (tertiary/aromatic N) is 1. The molecule has 4 rings (SSSR count). The lowest BCUT2D eigenvalue weighted by atomic mass is 9.82. The van der Waals surface area contributed by atoms with Crippen molar-refractivity contribution in [2.75, 3.05) is 10.2 Å². The zero-order valence-corrected chi connectivity index (χ0v) is 16.1. The molecule has 2 aromatic carbocycles. The van der Waals surface area contributed by atoms with Gasteiger partial charge in [-0.25, -0.2) is 0 Å². The molecular weight excluding hydrogens is 376 g/mol. The van der Waals surface area contributed by atoms with Crippen molar-refractivity contribution in [3.05, 3.63) is 70.8 Å². The molecule has 0 bridgehead atoms. The molecule has 1 aliphatic heterocycles. The SMILES string of the molecule is CC1=CC[C@@H]2C(=O)N(c3cccc(C(=O)Nc4ccccc4Cl)c3)C(=O)[C@H]2C1. The van der Waals surface area contributed by atoms with E-state index in [9.17, 15) is 14.4 Å². The van der Waals surface area contributed by atoms with Crippen LogP contribution in [-0.2, 0) is 9.59 Å². The van der Waals surface area contributed by atoms with Crippen LogP contribution in [0, 0.1) is 11.8 Å². The fourth-order valence-electron chi connectivity index (χ4n) is 3.84. The van der Waals surface area contributed by atoms with Crippen molar-refractivity contribution < 1.29 is 14.4 Å². The maximum Gasteiger partial charge on any atom is 0.255 e. The Balaban J connectivity index is 1.59. The van der Waals surface area contributed by atoms with Crippen LogP contribution in [0.25, 0.3) is 0 Å². The fourth-order valence-corrected chi connectivity index (χ4v) is 4.02. The van der Waals surface area contributed by atoms with E-state index in [4.69, 9.17) is 11.6 Å². The van der Waals surface area contributed by atoms with Crippen molar-refractivity contribution in [1.29, 1.82) is 0 Å². The van der Waals surface area contributed by atoms with Crippen LogP contribution in [0.3, 0.4) is 0 Å². The number of halogens is 1. The van der Waals surface area contributed by atoms with Gasteiger partial charge in [0.1, 0.15) is 0 Å². The first-order valence-corrected chi connectivity index (χ1v) is 9.53. The van der Waals surface area contributed by atoms with E-state index in [1.54, 1.807) is 48.5 Å². The molecule has 1 saturated heterocycles. The van der Waals surface area contributed by atoms with Crippen LogP contribution < -0.4 is 10.2 Å². The number of nitrogens with one attached hydrogen (secondary N) is 1. The van der Waals surface area contributed by atoms with Crippen LogP contribution in [0.5, 0.6) is 0 Å². The van der Waals surface area contributed by atoms with Crippen molar-refractivity contribution in [3.8, 4) is 0 Å². The highest BCUT2D eigenvalue weighted by molar-refractivity contribution is 6.34. The Bertz CT molecular complexity index is 1010. The molecule has 1 heterocycles. The summed E-state index contributed by atoms with van der Waals surface area (Å²) in [5.41, 5.74) is 2.41. The maximum absolute atomic E-state index is 12.9. The number of carbonyl (C=O) groups is 3. The first-order chi connectivity index (χ1) is 13.5. The summed E-state index contributed by atoms with van der Waals surface area (Å²) in [6.45, 7) is 1.98. The van der Waals surface area contributed by atoms with E-state index in [0.717, 1.165) is 5.57 Å². The van der Waals surface area contributed by atoms with Crippen molar-refractivity contribution >= 4 is 40.7 Å². The van der Waals surface area contributed by atoms with Crippen molar-refractivity contribution in [1.82, 2.24) is 0 Å². The van der Waals surface area contributed by atoms with Gasteiger partial charge in [-0.15, -0.1) is 0 Å². The second kappa shape index (κ2) is 7.24. The molecule has 0 saturated carbocycles. The molecule has 0 aromatic heterocycles. The predicted octanol–water partition coefficient (Wildman–Crippen LogP) is 4.44. The lowest BCUT2D eigenvalue weighted by Crippen LogP contribution is -2.31. The summed E-state index contributed by atoms with van der Waals surface area (Å²) in [5, 5.41) is 3.19. The number of fused-ring (bicyclic) bond motifs is 1. The number of para-hydroxylation sites is 1. The maximum atomic E-state index is 12.9. The molecule has 3 amide bonds. The number of imide groups is 1. The van der Waals surface area contributed by atoms with Gasteiger partial charge in [0.05, 0.1) is 28.2 Å². The molecule has 1 fully saturated rings. The molecule has 2 aromatic rings. The number of carbonyl (C=O) groups excluding carboxylic acids is 3. The molecule has 0 unspecified atom stereocenters. The summed E-state index contributed by atoms with van der Waals surface area (Å²) in [6.07, 6.45) is 3.23. The molecule has 1 N–H and O–H groups in total. The highest BCUT2D eigenvalue weighted by Gasteiger charge is 2.48. The van der Waals surface area contributed by atoms with Crippen LogP contribution in [0.1, 0.15) is 30.1 Å². The topological polar surface area (TPSA) is 66.5 Å². The van der Waals surface area contributed by atoms with Crippen molar-refractivity contribution in [3.63, 3.8) is 0 Å². The Labute approximate surface area is 168 Å². The normalized spacial score (nSPS) is 21.4. The van der Waals surface area contributed by atoms with Gasteiger partial charge in [-0.3, -0.25) is 19.3 Å². The first-order valence-electron chi connectivity index (χ1n) is 9.15. The van der Waals surface area contributed by atoms with E-state index in [1.165, 1.54) is 4.90 Å². The average molecular weight is 395 g/mol. The quantitative estimate of drug-likeness (QED) is 0.618. The van der Waals surface area contributed by atoms with Crippen LogP contribution in [-0.4, -0.2) is 17.7 Å². The number of hydrogen-bond acceptors (Lipinski definition) is 3. The monoisotopic (exact) mass is 394 g/mol. The molecule has 2 atom stereocenters. The lowest BCUT2D eigenvalue weighted by Gasteiger charge is -2.18. The minimum Gasteiger partial charge on any atom is -0.321 e. The third kappa shape index (κ3) is 3.22. The largest absolute Gasteiger partial charge is 0.321 e. The summed E-state index contributed by atoms with van der Waals surface area (Å²) in [4.78, 5) is 39.6. The lowest BCUT2D eigenvalue weighted by molar-refractivity contribution is -0.122. The van der Waals surface area contributed by atoms with Crippen LogP contribution in [0.2, 0.25) is 5.02 Å². The van der Waals surface area contributed by atoms with E-state index in [-0.39, 0.29) is 29.6 Å². The van der Waals surface area contributed by atoms with E-state index >= 15 is 0 Å². The number of amides is 3. The Kier molecular flexibility index (Phi) is 4.77. The van der Waals surface area contributed by atoms with Crippen LogP contribution in [0.4, 0.5) is 11.4 Å². The van der Waals surface area contributed by atoms with Gasteiger partial charge in [0.15, 0.2) is 0 Å². The highest BCUT2D eigenvalue weighted by Crippen LogP contribution is 2.39. The van der Waals surface area contributed by atoms with Gasteiger partial charge in [-0.2, -0.15) is 0 Å². The number of hydrogen-bond donors (Lipinski definition) is 1. The summed E-state index contributed by atoms with van der Waals surface area (Å²) in [6, 6.07) is 13.5. The minimum absolute atomic E-state index is 0.189. The van der Waals surface area contributed by atoms with E-state index < -0.39 is 0 Å². The molecular formula is C22H19ClN2O3. The molecule has 142 valence electrons. The molecule has 6 heteroatoms. The minimum atomic E-state index is -0.357. The Morgan fingerprint density at radius 1 is 1.07 bits per heavy atom. The summed E-state index contributed by atoms with van der Waals surface area (Å²) >= 11 is 6.09. The van der Waals surface area contributed by atoms with Gasteiger partial charge in [-0.1, -0.05) is 41.4 Å². The van der Waals surface area contributed by atoms with Crippen LogP contribution in [0.15, 0.2) is 60.2 Å². The zero-order chi connectivity index (χ0) is 19.8. The number of anilines is 2. The van der Waals surface area contributed by atoms with Crippen molar-refractivity contribution in [2.24, 2.45) is 11.8 Å². The van der Waals surface area contributed by atoms with Crippen LogP contribution >= 0.6 is 11.6 Å². The Morgan fingerprint density at radius 3 is 2.61 bits per heavy atom. The Hall–Kier alpha value is -2.92. The summed E-state index contributed by atoms with van der Waals surface area (Å²) < 4.78 is 0. The number of rotatable bonds is 3. The van der Waals surface area contributed by atoms with Gasteiger partial charge in [0.25, 0.3) is 5.91 Å². The molecule has 28 heavy (non-hydrogen) atoms. The highest BCUT2D eigenvalue weighted by atomic mass is 35.5. The van der Waals surface area contributed by atoms with Gasteiger partial charge in [-0.05, 0) is 50.1 Å².